The third-order valence-corrected chi connectivity index (χ3v) is 5.60. The average Bonchev–Trinajstić information content (AvgIpc) is 2.94. The number of aliphatic carboxylic acids is 2. The fourth-order valence-corrected chi connectivity index (χ4v) is 3.54. The maximum absolute atomic E-state index is 12.4. The van der Waals surface area contributed by atoms with Crippen LogP contribution in [0.1, 0.15) is 6.92 Å². The molecule has 0 radical (unpaired) electrons. The van der Waals surface area contributed by atoms with Gasteiger partial charge in [-0.15, -0.1) is 0 Å². The molecule has 0 heterocycles. The summed E-state index contributed by atoms with van der Waals surface area (Å²) in [6, 6.07) is 12.6. The molecule has 13 nitrogen and oxygen atoms in total. The lowest BCUT2D eigenvalue weighted by atomic mass is 9.97. The minimum Gasteiger partial charge on any atom is -0.478 e. The molecule has 0 aromatic heterocycles. The number of hydrogen-bond acceptors (Lipinski definition) is 9. The van der Waals surface area contributed by atoms with Crippen molar-refractivity contribution < 1.29 is 34.2 Å². The van der Waals surface area contributed by atoms with Crippen molar-refractivity contribution in [3.8, 4) is 0 Å². The van der Waals surface area contributed by atoms with E-state index in [2.05, 4.69) is 31.7 Å². The topological polar surface area (TPSA) is 199 Å². The van der Waals surface area contributed by atoms with E-state index < -0.39 is 29.5 Å². The largest absolute Gasteiger partial charge is 0.478 e. The van der Waals surface area contributed by atoms with Crippen LogP contribution in [0.2, 0.25) is 0 Å². The number of carbonyl (C=O) groups is 5. The number of Topliss-reactive ketones (excluding diaryl/α,β-unsaturated/α-hetero) is 1. The molecule has 41 heavy (non-hydrogen) atoms. The van der Waals surface area contributed by atoms with Gasteiger partial charge in [-0.25, -0.2) is 14.4 Å². The fraction of sp³-hybridized carbons (Fsp3) is 0.0357. The molecule has 0 unspecified atom stereocenters. The summed E-state index contributed by atoms with van der Waals surface area (Å²) in [5.74, 6) is -3.83. The second-order valence-corrected chi connectivity index (χ2v) is 8.61. The van der Waals surface area contributed by atoms with Crippen molar-refractivity contribution in [2.75, 3.05) is 21.5 Å². The van der Waals surface area contributed by atoms with Gasteiger partial charge in [-0.1, -0.05) is 0 Å². The molecule has 2 aliphatic rings. The second kappa shape index (κ2) is 12.2. The van der Waals surface area contributed by atoms with Gasteiger partial charge in [0.1, 0.15) is 11.1 Å². The van der Waals surface area contributed by atoms with Crippen molar-refractivity contribution >= 4 is 63.7 Å². The zero-order valence-corrected chi connectivity index (χ0v) is 21.3. The number of allylic oxidation sites excluding steroid dienone is 6. The van der Waals surface area contributed by atoms with Crippen molar-refractivity contribution in [1.82, 2.24) is 0 Å². The van der Waals surface area contributed by atoms with Gasteiger partial charge in [0.05, 0.1) is 22.8 Å². The van der Waals surface area contributed by atoms with E-state index >= 15 is 0 Å². The van der Waals surface area contributed by atoms with E-state index in [1.165, 1.54) is 31.2 Å². The van der Waals surface area contributed by atoms with Gasteiger partial charge in [-0.05, 0) is 91.4 Å². The highest BCUT2D eigenvalue weighted by molar-refractivity contribution is 6.31. The third kappa shape index (κ3) is 7.26. The van der Waals surface area contributed by atoms with Gasteiger partial charge < -0.3 is 20.8 Å². The molecule has 0 spiro atoms. The first-order valence-electron chi connectivity index (χ1n) is 11.9. The maximum Gasteiger partial charge on any atom is 0.339 e. The van der Waals surface area contributed by atoms with E-state index in [0.29, 0.717) is 22.7 Å². The van der Waals surface area contributed by atoms with Crippen LogP contribution in [0.15, 0.2) is 106 Å². The van der Waals surface area contributed by atoms with Gasteiger partial charge in [0.25, 0.3) is 0 Å². The van der Waals surface area contributed by atoms with Gasteiger partial charge in [0.2, 0.25) is 0 Å². The Hall–Kier alpha value is -6.11. The number of rotatable bonds is 8. The SMILES string of the molecule is CC1=C/C(=N\Nc2ccc(NC(=O)Nc3ccc(N/N=C4/C=CC(=O)C(C(=O)O)=C4)cc3)cc2)C=C(C(=O)O)C1=O. The fourth-order valence-electron chi connectivity index (χ4n) is 3.54. The molecular formula is C28H22N6O7. The van der Waals surface area contributed by atoms with Gasteiger partial charge in [0.15, 0.2) is 11.6 Å². The van der Waals surface area contributed by atoms with E-state index in [0.717, 1.165) is 6.08 Å². The van der Waals surface area contributed by atoms with Crippen molar-refractivity contribution in [2.45, 2.75) is 6.92 Å². The normalized spacial score (nSPS) is 16.5. The van der Waals surface area contributed by atoms with Crippen molar-refractivity contribution in [3.05, 3.63) is 95.6 Å². The highest BCUT2D eigenvalue weighted by atomic mass is 16.4. The monoisotopic (exact) mass is 554 g/mol. The van der Waals surface area contributed by atoms with Gasteiger partial charge in [0, 0.05) is 11.4 Å². The van der Waals surface area contributed by atoms with Gasteiger partial charge in [-0.2, -0.15) is 10.2 Å². The molecule has 2 amide bonds. The van der Waals surface area contributed by atoms with E-state index in [1.54, 1.807) is 48.5 Å². The number of ketones is 2. The van der Waals surface area contributed by atoms with Crippen molar-refractivity contribution in [1.29, 1.82) is 0 Å². The van der Waals surface area contributed by atoms with Crippen LogP contribution >= 0.6 is 0 Å². The van der Waals surface area contributed by atoms with Crippen LogP contribution in [0.5, 0.6) is 0 Å². The molecule has 4 rings (SSSR count). The molecule has 13 heteroatoms. The molecule has 0 bridgehead atoms. The summed E-state index contributed by atoms with van der Waals surface area (Å²) in [5, 5.41) is 31.8. The minimum absolute atomic E-state index is 0.263. The molecule has 2 aromatic rings. The highest BCUT2D eigenvalue weighted by Crippen LogP contribution is 2.18. The Morgan fingerprint density at radius 3 is 1.61 bits per heavy atom. The number of nitrogens with zero attached hydrogens (tertiary/aromatic N) is 2. The molecule has 206 valence electrons. The number of hydrogen-bond donors (Lipinski definition) is 6. The number of carboxylic acids is 2. The van der Waals surface area contributed by atoms with Crippen molar-refractivity contribution in [2.24, 2.45) is 10.2 Å². The number of anilines is 4. The number of hydrazone groups is 2. The van der Waals surface area contributed by atoms with Crippen LogP contribution in [0.25, 0.3) is 0 Å². The summed E-state index contributed by atoms with van der Waals surface area (Å²) in [6.45, 7) is 1.51. The van der Waals surface area contributed by atoms with Gasteiger partial charge >= 0.3 is 18.0 Å². The first kappa shape index (κ1) is 27.9. The molecule has 6 N–H and O–H groups in total. The van der Waals surface area contributed by atoms with E-state index in [-0.39, 0.29) is 28.1 Å². The Morgan fingerprint density at radius 2 is 1.10 bits per heavy atom. The molecule has 0 aliphatic heterocycles. The third-order valence-electron chi connectivity index (χ3n) is 5.60. The lowest BCUT2D eigenvalue weighted by Gasteiger charge is -2.10. The summed E-state index contributed by atoms with van der Waals surface area (Å²) >= 11 is 0. The first-order valence-corrected chi connectivity index (χ1v) is 11.9. The highest BCUT2D eigenvalue weighted by Gasteiger charge is 2.23. The van der Waals surface area contributed by atoms with E-state index in [9.17, 15) is 24.0 Å². The number of carbonyl (C=O) groups excluding carboxylic acids is 3. The van der Waals surface area contributed by atoms with Crippen LogP contribution in [0.3, 0.4) is 0 Å². The van der Waals surface area contributed by atoms with Gasteiger partial charge in [-0.3, -0.25) is 20.4 Å². The Bertz CT molecular complexity index is 1630. The quantitative estimate of drug-likeness (QED) is 0.160. The smallest absolute Gasteiger partial charge is 0.339 e. The van der Waals surface area contributed by atoms with E-state index in [4.69, 9.17) is 10.2 Å². The second-order valence-electron chi connectivity index (χ2n) is 8.61. The van der Waals surface area contributed by atoms with E-state index in [1.807, 2.05) is 0 Å². The summed E-state index contributed by atoms with van der Waals surface area (Å²) in [5.41, 5.74) is 7.71. The summed E-state index contributed by atoms with van der Waals surface area (Å²) in [7, 11) is 0. The number of amides is 2. The van der Waals surface area contributed by atoms with Crippen LogP contribution in [-0.2, 0) is 19.2 Å². The standard InChI is InChI=1S/C28H22N6O7/c1-15-12-21(14-23(25(15)36)27(39)40)34-32-19-8-4-17(5-9-19)30-28(41)29-16-2-6-18(7-3-16)31-33-20-10-11-24(35)22(13-20)26(37)38/h2-14,31-32H,1H3,(H,37,38)(H,39,40)(H2,29,30,41)/b33-20-,34-21+. The number of benzene rings is 2. The Labute approximate surface area is 232 Å². The molecule has 0 atom stereocenters. The molecule has 0 saturated carbocycles. The zero-order valence-electron chi connectivity index (χ0n) is 21.3. The molecule has 0 fully saturated rings. The van der Waals surface area contributed by atoms with Crippen molar-refractivity contribution in [3.63, 3.8) is 0 Å². The first-order chi connectivity index (χ1) is 19.6. The summed E-state index contributed by atoms with van der Waals surface area (Å²) in [6.07, 6.45) is 6.35. The molecule has 2 aromatic carbocycles. The van der Waals surface area contributed by atoms with Crippen LogP contribution in [0, 0.1) is 0 Å². The summed E-state index contributed by atoms with van der Waals surface area (Å²) in [4.78, 5) is 58.2. The maximum atomic E-state index is 12.4. The Kier molecular flexibility index (Phi) is 8.28. The molecular weight excluding hydrogens is 532 g/mol. The predicted octanol–water partition coefficient (Wildman–Crippen LogP) is 3.56. The number of urea groups is 1. The minimum atomic E-state index is -1.33. The zero-order chi connectivity index (χ0) is 29.5. The van der Waals surface area contributed by atoms with Crippen LogP contribution in [-0.4, -0.2) is 51.2 Å². The lowest BCUT2D eigenvalue weighted by molar-refractivity contribution is -0.135. The molecule has 0 saturated heterocycles. The summed E-state index contributed by atoms with van der Waals surface area (Å²) < 4.78 is 0. The Morgan fingerprint density at radius 1 is 0.634 bits per heavy atom. The predicted molar refractivity (Wildman–Crippen MR) is 152 cm³/mol. The Balaban J connectivity index is 1.29. The number of carboxylic acid groups (broad SMARTS) is 2. The average molecular weight is 555 g/mol. The van der Waals surface area contributed by atoms with Crippen LogP contribution in [0.4, 0.5) is 27.5 Å². The molecule has 2 aliphatic carbocycles. The number of nitrogens with one attached hydrogen (secondary N) is 4. The van der Waals surface area contributed by atoms with Crippen LogP contribution < -0.4 is 21.5 Å². The lowest BCUT2D eigenvalue weighted by Crippen LogP contribution is -2.19.